The van der Waals surface area contributed by atoms with Gasteiger partial charge in [0.25, 0.3) is 0 Å². The van der Waals surface area contributed by atoms with Crippen molar-refractivity contribution in [1.82, 2.24) is 14.8 Å². The van der Waals surface area contributed by atoms with Gasteiger partial charge >= 0.3 is 0 Å². The zero-order chi connectivity index (χ0) is 20.4. The molecule has 29 heavy (non-hydrogen) atoms. The Morgan fingerprint density at radius 1 is 0.966 bits per heavy atom. The summed E-state index contributed by atoms with van der Waals surface area (Å²) >= 11 is 0. The number of aryl methyl sites for hydroxylation is 4. The first-order valence-corrected chi connectivity index (χ1v) is 9.78. The number of rotatable bonds is 5. The van der Waals surface area contributed by atoms with E-state index in [4.69, 9.17) is 0 Å². The van der Waals surface area contributed by atoms with Crippen LogP contribution in [0, 0.1) is 20.8 Å². The number of hydrogen-bond acceptors (Lipinski definition) is 3. The van der Waals surface area contributed by atoms with Gasteiger partial charge in [0.05, 0.1) is 22.6 Å². The van der Waals surface area contributed by atoms with E-state index in [1.54, 1.807) is 0 Å². The summed E-state index contributed by atoms with van der Waals surface area (Å²) in [4.78, 5) is 17.1. The number of nitrogens with one attached hydrogen (secondary N) is 1. The molecule has 0 saturated carbocycles. The van der Waals surface area contributed by atoms with Crippen LogP contribution >= 0.6 is 0 Å². The molecule has 0 unspecified atom stereocenters. The van der Waals surface area contributed by atoms with E-state index in [0.717, 1.165) is 44.9 Å². The van der Waals surface area contributed by atoms with Crippen LogP contribution in [0.4, 0.5) is 5.69 Å². The van der Waals surface area contributed by atoms with Crippen molar-refractivity contribution in [3.8, 4) is 5.69 Å². The van der Waals surface area contributed by atoms with E-state index >= 15 is 0 Å². The van der Waals surface area contributed by atoms with E-state index in [9.17, 15) is 4.79 Å². The highest BCUT2D eigenvalue weighted by molar-refractivity contribution is 6.01. The third-order valence-corrected chi connectivity index (χ3v) is 4.95. The van der Waals surface area contributed by atoms with E-state index in [0.29, 0.717) is 12.8 Å². The Hall–Kier alpha value is -3.47. The topological polar surface area (TPSA) is 59.8 Å². The second-order valence-corrected chi connectivity index (χ2v) is 7.38. The fraction of sp³-hybridized carbons (Fsp3) is 0.208. The maximum Gasteiger partial charge on any atom is 0.224 e. The minimum atomic E-state index is 0.00313. The quantitative estimate of drug-likeness (QED) is 0.531. The van der Waals surface area contributed by atoms with Crippen LogP contribution in [0.1, 0.15) is 29.1 Å². The van der Waals surface area contributed by atoms with Crippen LogP contribution in [0.3, 0.4) is 0 Å². The van der Waals surface area contributed by atoms with E-state index in [1.807, 2.05) is 67.9 Å². The zero-order valence-electron chi connectivity index (χ0n) is 16.9. The van der Waals surface area contributed by atoms with Crippen molar-refractivity contribution >= 4 is 22.5 Å². The monoisotopic (exact) mass is 384 g/mol. The summed E-state index contributed by atoms with van der Waals surface area (Å²) in [6.07, 6.45) is 1.11. The largest absolute Gasteiger partial charge is 0.325 e. The first kappa shape index (κ1) is 18.9. The Kier molecular flexibility index (Phi) is 5.12. The van der Waals surface area contributed by atoms with Crippen molar-refractivity contribution in [2.24, 2.45) is 0 Å². The summed E-state index contributed by atoms with van der Waals surface area (Å²) in [6.45, 7) is 5.97. The van der Waals surface area contributed by atoms with E-state index < -0.39 is 0 Å². The fourth-order valence-corrected chi connectivity index (χ4v) is 3.58. The maximum absolute atomic E-state index is 12.5. The molecule has 4 rings (SSSR count). The standard InChI is InChI=1S/C24H24N4O/c1-16-15-23(21-6-4-5-7-22(21)25-16)26-24(29)13-10-19-8-11-20(12-9-19)28-18(3)14-17(2)27-28/h4-9,11-12,14-15H,10,13H2,1-3H3,(H,25,26,29). The van der Waals surface area contributed by atoms with Gasteiger partial charge in [-0.3, -0.25) is 9.78 Å². The predicted octanol–water partition coefficient (Wildman–Crippen LogP) is 4.92. The molecule has 1 amide bonds. The normalized spacial score (nSPS) is 11.0. The molecule has 5 nitrogen and oxygen atoms in total. The number of benzene rings is 2. The number of anilines is 1. The van der Waals surface area contributed by atoms with E-state index in [-0.39, 0.29) is 5.91 Å². The van der Waals surface area contributed by atoms with Crippen molar-refractivity contribution in [3.63, 3.8) is 0 Å². The fourth-order valence-electron chi connectivity index (χ4n) is 3.58. The molecule has 2 aromatic heterocycles. The van der Waals surface area contributed by atoms with Crippen LogP contribution in [0.5, 0.6) is 0 Å². The van der Waals surface area contributed by atoms with Crippen molar-refractivity contribution in [1.29, 1.82) is 0 Å². The third-order valence-electron chi connectivity index (χ3n) is 4.95. The SMILES string of the molecule is Cc1cc(NC(=O)CCc2ccc(-n3nc(C)cc3C)cc2)c2ccccc2n1. The lowest BCUT2D eigenvalue weighted by molar-refractivity contribution is -0.116. The number of hydrogen-bond donors (Lipinski definition) is 1. The van der Waals surface area contributed by atoms with Gasteiger partial charge in [0, 0.05) is 23.2 Å². The number of nitrogens with zero attached hydrogens (tertiary/aromatic N) is 3. The van der Waals surface area contributed by atoms with Gasteiger partial charge in [0.1, 0.15) is 0 Å². The first-order chi connectivity index (χ1) is 14.0. The lowest BCUT2D eigenvalue weighted by atomic mass is 10.1. The molecular formula is C24H24N4O. The number of amides is 1. The molecule has 146 valence electrons. The molecule has 0 atom stereocenters. The molecule has 2 heterocycles. The smallest absolute Gasteiger partial charge is 0.224 e. The maximum atomic E-state index is 12.5. The second-order valence-electron chi connectivity index (χ2n) is 7.38. The van der Waals surface area contributed by atoms with Crippen LogP contribution in [-0.2, 0) is 11.2 Å². The molecule has 0 aliphatic heterocycles. The number of carbonyl (C=O) groups is 1. The van der Waals surface area contributed by atoms with Crippen LogP contribution in [0.25, 0.3) is 16.6 Å². The highest BCUT2D eigenvalue weighted by Crippen LogP contribution is 2.23. The minimum absolute atomic E-state index is 0.00313. The number of fused-ring (bicyclic) bond motifs is 1. The van der Waals surface area contributed by atoms with Gasteiger partial charge in [-0.1, -0.05) is 30.3 Å². The zero-order valence-corrected chi connectivity index (χ0v) is 16.9. The molecule has 2 aromatic carbocycles. The molecule has 5 heteroatoms. The van der Waals surface area contributed by atoms with Crippen molar-refractivity contribution < 1.29 is 4.79 Å². The van der Waals surface area contributed by atoms with Gasteiger partial charge in [0.15, 0.2) is 0 Å². The molecule has 0 bridgehead atoms. The van der Waals surface area contributed by atoms with Gasteiger partial charge in [-0.15, -0.1) is 0 Å². The van der Waals surface area contributed by atoms with Crippen molar-refractivity contribution in [2.75, 3.05) is 5.32 Å². The summed E-state index contributed by atoms with van der Waals surface area (Å²) in [6, 6.07) is 20.0. The molecule has 0 aliphatic rings. The average molecular weight is 384 g/mol. The van der Waals surface area contributed by atoms with Gasteiger partial charge in [0.2, 0.25) is 5.91 Å². The lowest BCUT2D eigenvalue weighted by Gasteiger charge is -2.10. The number of para-hydroxylation sites is 1. The summed E-state index contributed by atoms with van der Waals surface area (Å²) in [7, 11) is 0. The lowest BCUT2D eigenvalue weighted by Crippen LogP contribution is -2.13. The van der Waals surface area contributed by atoms with Crippen LogP contribution in [0.2, 0.25) is 0 Å². The third kappa shape index (κ3) is 4.19. The Bertz CT molecular complexity index is 1180. The second kappa shape index (κ2) is 7.87. The number of pyridine rings is 1. The van der Waals surface area contributed by atoms with Gasteiger partial charge < -0.3 is 5.32 Å². The van der Waals surface area contributed by atoms with E-state index in [2.05, 4.69) is 33.6 Å². The molecule has 0 aliphatic carbocycles. The first-order valence-electron chi connectivity index (χ1n) is 9.78. The highest BCUT2D eigenvalue weighted by Gasteiger charge is 2.09. The molecule has 1 N–H and O–H groups in total. The summed E-state index contributed by atoms with van der Waals surface area (Å²) in [5.41, 5.74) is 6.86. The van der Waals surface area contributed by atoms with Crippen LogP contribution < -0.4 is 5.32 Å². The van der Waals surface area contributed by atoms with Crippen LogP contribution in [0.15, 0.2) is 60.7 Å². The van der Waals surface area contributed by atoms with Crippen molar-refractivity contribution in [2.45, 2.75) is 33.6 Å². The molecular weight excluding hydrogens is 360 g/mol. The Balaban J connectivity index is 1.42. The molecule has 0 spiro atoms. The summed E-state index contributed by atoms with van der Waals surface area (Å²) in [5, 5.41) is 8.52. The van der Waals surface area contributed by atoms with E-state index in [1.165, 1.54) is 0 Å². The Morgan fingerprint density at radius 3 is 2.45 bits per heavy atom. The van der Waals surface area contributed by atoms with Crippen LogP contribution in [-0.4, -0.2) is 20.7 Å². The Labute approximate surface area is 170 Å². The molecule has 0 radical (unpaired) electrons. The van der Waals surface area contributed by atoms with Gasteiger partial charge in [-0.2, -0.15) is 5.10 Å². The Morgan fingerprint density at radius 2 is 1.72 bits per heavy atom. The summed E-state index contributed by atoms with van der Waals surface area (Å²) < 4.78 is 1.93. The number of carbonyl (C=O) groups excluding carboxylic acids is 1. The predicted molar refractivity (Wildman–Crippen MR) is 116 cm³/mol. The summed E-state index contributed by atoms with van der Waals surface area (Å²) in [5.74, 6) is 0.00313. The number of aromatic nitrogens is 3. The molecule has 4 aromatic rings. The molecule has 0 saturated heterocycles. The highest BCUT2D eigenvalue weighted by atomic mass is 16.1. The van der Waals surface area contributed by atoms with Gasteiger partial charge in [-0.05, 0) is 63.1 Å². The average Bonchev–Trinajstić information content (AvgIpc) is 3.04. The van der Waals surface area contributed by atoms with Gasteiger partial charge in [-0.25, -0.2) is 4.68 Å². The minimum Gasteiger partial charge on any atom is -0.325 e. The molecule has 0 fully saturated rings. The van der Waals surface area contributed by atoms with Crippen molar-refractivity contribution in [3.05, 3.63) is 83.3 Å².